The zero-order chi connectivity index (χ0) is 27.5. The third kappa shape index (κ3) is 5.55. The highest BCUT2D eigenvalue weighted by molar-refractivity contribution is 6.00. The van der Waals surface area contributed by atoms with Gasteiger partial charge in [-0.05, 0) is 60.7 Å². The number of carbonyl (C=O) groups is 1. The van der Waals surface area contributed by atoms with Gasteiger partial charge >= 0.3 is 6.03 Å². The van der Waals surface area contributed by atoms with E-state index in [2.05, 4.69) is 25.6 Å². The lowest BCUT2D eigenvalue weighted by molar-refractivity contribution is 0.140. The van der Waals surface area contributed by atoms with E-state index in [4.69, 9.17) is 10.5 Å². The summed E-state index contributed by atoms with van der Waals surface area (Å²) in [6, 6.07) is 8.16. The molecular weight excluding hydrogens is 504 g/mol. The number of amides is 2. The molecule has 4 N–H and O–H groups in total. The van der Waals surface area contributed by atoms with Crippen molar-refractivity contribution in [2.24, 2.45) is 0 Å². The van der Waals surface area contributed by atoms with Crippen molar-refractivity contribution < 1.29 is 18.3 Å². The van der Waals surface area contributed by atoms with Gasteiger partial charge in [0.2, 0.25) is 0 Å². The summed E-state index contributed by atoms with van der Waals surface area (Å²) in [4.78, 5) is 19.0. The summed E-state index contributed by atoms with van der Waals surface area (Å²) in [5.41, 5.74) is 11.0. The monoisotopic (exact) mass is 535 g/mol. The quantitative estimate of drug-likeness (QED) is 0.321. The molecule has 1 saturated heterocycles. The molecule has 5 rings (SSSR count). The van der Waals surface area contributed by atoms with Crippen LogP contribution in [0.3, 0.4) is 0 Å². The molecule has 3 heterocycles. The van der Waals surface area contributed by atoms with Crippen molar-refractivity contribution in [3.8, 4) is 11.1 Å². The van der Waals surface area contributed by atoms with Crippen molar-refractivity contribution in [2.45, 2.75) is 33.2 Å². The zero-order valence-corrected chi connectivity index (χ0v) is 21.9. The van der Waals surface area contributed by atoms with Gasteiger partial charge in [-0.15, -0.1) is 0 Å². The van der Waals surface area contributed by atoms with Crippen LogP contribution in [0.5, 0.6) is 0 Å². The number of nitrogens with zero attached hydrogens (tertiary/aromatic N) is 4. The number of aromatic nitrogens is 3. The van der Waals surface area contributed by atoms with Gasteiger partial charge in [0.05, 0.1) is 23.7 Å². The molecule has 1 aliphatic heterocycles. The van der Waals surface area contributed by atoms with Crippen LogP contribution in [-0.4, -0.2) is 51.8 Å². The number of nitrogens with two attached hydrogens (primary N) is 1. The fourth-order valence-corrected chi connectivity index (χ4v) is 5.03. The Morgan fingerprint density at radius 1 is 1.08 bits per heavy atom. The lowest BCUT2D eigenvalue weighted by Gasteiger charge is -2.19. The number of hydrogen-bond donors (Lipinski definition) is 3. The number of anilines is 3. The normalized spacial score (nSPS) is 14.4. The molecule has 0 bridgehead atoms. The number of fused-ring (bicyclic) bond motifs is 1. The fraction of sp³-hybridized carbons (Fsp3) is 0.321. The van der Waals surface area contributed by atoms with Crippen molar-refractivity contribution in [2.75, 3.05) is 42.7 Å². The molecule has 0 atom stereocenters. The Morgan fingerprint density at radius 3 is 2.69 bits per heavy atom. The standard InChI is InChI=1S/C28H31F2N7O2/c1-3-19-24(15-36-9-4-11-39-12-10-36)37-26(27(31)32-16-33-37)25(19)18-6-8-22(21(30)14-18)34-28(38)35-23-13-17(2)5-7-20(23)29/h5-8,13-14,16H,3-4,9-12,15H2,1-2H3,(H2,31,32,33)(H2,34,35,38). The van der Waals surface area contributed by atoms with Gasteiger partial charge in [-0.25, -0.2) is 23.1 Å². The van der Waals surface area contributed by atoms with E-state index in [9.17, 15) is 9.18 Å². The summed E-state index contributed by atoms with van der Waals surface area (Å²) >= 11 is 0. The Bertz CT molecular complexity index is 1510. The van der Waals surface area contributed by atoms with E-state index in [1.165, 1.54) is 30.6 Å². The number of aryl methyl sites for hydroxylation is 1. The summed E-state index contributed by atoms with van der Waals surface area (Å²) in [7, 11) is 0. The first-order valence-corrected chi connectivity index (χ1v) is 12.9. The van der Waals surface area contributed by atoms with E-state index >= 15 is 4.39 Å². The van der Waals surface area contributed by atoms with Crippen LogP contribution in [0.2, 0.25) is 0 Å². The zero-order valence-electron chi connectivity index (χ0n) is 21.9. The molecule has 2 aromatic carbocycles. The first-order valence-electron chi connectivity index (χ1n) is 12.9. The van der Waals surface area contributed by atoms with Crippen LogP contribution in [-0.2, 0) is 17.7 Å². The second kappa shape index (κ2) is 11.3. The molecule has 2 amide bonds. The molecule has 9 nitrogen and oxygen atoms in total. The number of nitrogen functional groups attached to an aromatic ring is 1. The third-order valence-electron chi connectivity index (χ3n) is 6.88. The second-order valence-electron chi connectivity index (χ2n) is 9.56. The molecule has 1 aliphatic rings. The molecule has 0 saturated carbocycles. The molecule has 0 unspecified atom stereocenters. The summed E-state index contributed by atoms with van der Waals surface area (Å²) in [6.07, 6.45) is 3.03. The molecule has 39 heavy (non-hydrogen) atoms. The maximum Gasteiger partial charge on any atom is 0.323 e. The molecule has 0 radical (unpaired) electrons. The molecule has 1 fully saturated rings. The van der Waals surface area contributed by atoms with Gasteiger partial charge in [0, 0.05) is 31.8 Å². The number of urea groups is 1. The van der Waals surface area contributed by atoms with Crippen molar-refractivity contribution in [1.29, 1.82) is 0 Å². The largest absolute Gasteiger partial charge is 0.382 e. The van der Waals surface area contributed by atoms with Crippen molar-refractivity contribution in [1.82, 2.24) is 19.5 Å². The van der Waals surface area contributed by atoms with Crippen molar-refractivity contribution in [3.63, 3.8) is 0 Å². The predicted molar refractivity (Wildman–Crippen MR) is 147 cm³/mol. The molecule has 0 aliphatic carbocycles. The Balaban J connectivity index is 1.47. The highest BCUT2D eigenvalue weighted by Gasteiger charge is 2.24. The van der Waals surface area contributed by atoms with Gasteiger partial charge in [-0.3, -0.25) is 4.90 Å². The lowest BCUT2D eigenvalue weighted by atomic mass is 9.98. The van der Waals surface area contributed by atoms with E-state index in [-0.39, 0.29) is 11.4 Å². The minimum Gasteiger partial charge on any atom is -0.382 e. The highest BCUT2D eigenvalue weighted by atomic mass is 19.1. The third-order valence-corrected chi connectivity index (χ3v) is 6.88. The first-order chi connectivity index (χ1) is 18.9. The topological polar surface area (TPSA) is 110 Å². The average molecular weight is 536 g/mol. The van der Waals surface area contributed by atoms with Gasteiger partial charge in [0.25, 0.3) is 0 Å². The van der Waals surface area contributed by atoms with E-state index in [0.29, 0.717) is 36.5 Å². The Hall–Kier alpha value is -4.09. The van der Waals surface area contributed by atoms with Crippen LogP contribution in [0.1, 0.15) is 30.2 Å². The first kappa shape index (κ1) is 26.5. The van der Waals surface area contributed by atoms with Gasteiger partial charge in [-0.2, -0.15) is 5.10 Å². The molecular formula is C28H31F2N7O2. The van der Waals surface area contributed by atoms with E-state index in [1.807, 2.05) is 6.92 Å². The van der Waals surface area contributed by atoms with Crippen molar-refractivity contribution >= 4 is 28.7 Å². The van der Waals surface area contributed by atoms with Crippen LogP contribution >= 0.6 is 0 Å². The van der Waals surface area contributed by atoms with Crippen LogP contribution < -0.4 is 16.4 Å². The summed E-state index contributed by atoms with van der Waals surface area (Å²) in [5.74, 6) is -0.930. The number of carbonyl (C=O) groups excluding carboxylic acids is 1. The van der Waals surface area contributed by atoms with E-state index in [0.717, 1.165) is 48.5 Å². The lowest BCUT2D eigenvalue weighted by Crippen LogP contribution is -2.27. The summed E-state index contributed by atoms with van der Waals surface area (Å²) in [6.45, 7) is 7.57. The highest BCUT2D eigenvalue weighted by Crippen LogP contribution is 2.37. The SMILES string of the molecule is CCc1c(-c2ccc(NC(=O)Nc3cc(C)ccc3F)c(F)c2)c2c(N)ncnn2c1CN1CCCOCC1. The van der Waals surface area contributed by atoms with Crippen LogP contribution in [0, 0.1) is 18.6 Å². The van der Waals surface area contributed by atoms with E-state index < -0.39 is 17.7 Å². The minimum absolute atomic E-state index is 0.0105. The van der Waals surface area contributed by atoms with E-state index in [1.54, 1.807) is 23.6 Å². The maximum atomic E-state index is 15.3. The Morgan fingerprint density at radius 2 is 1.90 bits per heavy atom. The van der Waals surface area contributed by atoms with Crippen molar-refractivity contribution in [3.05, 3.63) is 71.2 Å². The average Bonchev–Trinajstić information content (AvgIpc) is 3.03. The summed E-state index contributed by atoms with van der Waals surface area (Å²) in [5, 5.41) is 9.39. The second-order valence-corrected chi connectivity index (χ2v) is 9.56. The van der Waals surface area contributed by atoms with Gasteiger partial charge in [0.15, 0.2) is 5.82 Å². The van der Waals surface area contributed by atoms with Gasteiger partial charge < -0.3 is 21.1 Å². The number of nitrogens with one attached hydrogen (secondary N) is 2. The van der Waals surface area contributed by atoms with Crippen LogP contribution in [0.4, 0.5) is 30.8 Å². The maximum absolute atomic E-state index is 15.3. The fourth-order valence-electron chi connectivity index (χ4n) is 5.03. The Kier molecular flexibility index (Phi) is 7.71. The minimum atomic E-state index is -0.754. The number of ether oxygens (including phenoxy) is 1. The summed E-state index contributed by atoms with van der Waals surface area (Å²) < 4.78 is 36.8. The number of halogens is 2. The smallest absolute Gasteiger partial charge is 0.323 e. The predicted octanol–water partition coefficient (Wildman–Crippen LogP) is 4.99. The molecule has 0 spiro atoms. The van der Waals surface area contributed by atoms with Crippen LogP contribution in [0.15, 0.2) is 42.7 Å². The molecule has 204 valence electrons. The molecule has 4 aromatic rings. The Labute approximate surface area is 225 Å². The van der Waals surface area contributed by atoms with Gasteiger partial charge in [-0.1, -0.05) is 19.1 Å². The van der Waals surface area contributed by atoms with Crippen LogP contribution in [0.25, 0.3) is 16.6 Å². The molecule has 11 heteroatoms. The molecule has 2 aromatic heterocycles. The number of hydrogen-bond acceptors (Lipinski definition) is 6. The van der Waals surface area contributed by atoms with Gasteiger partial charge in [0.1, 0.15) is 23.5 Å². The number of rotatable bonds is 6. The number of benzene rings is 2.